The van der Waals surface area contributed by atoms with Crippen molar-refractivity contribution in [2.75, 3.05) is 5.32 Å². The molecule has 3 heteroatoms. The van der Waals surface area contributed by atoms with E-state index in [9.17, 15) is 0 Å². The second-order valence-electron chi connectivity index (χ2n) is 4.40. The smallest absolute Gasteiger partial charge is 0.125 e. The molecule has 0 fully saturated rings. The molecular formula is C15H16N2O. The molecule has 2 N–H and O–H groups in total. The normalized spacial score (nSPS) is 12.7. The number of rotatable bonds is 4. The molecule has 1 atom stereocenters. The second-order valence-corrected chi connectivity index (χ2v) is 4.40. The first-order chi connectivity index (χ1) is 8.86. The first-order valence-electron chi connectivity index (χ1n) is 6.24. The fourth-order valence-corrected chi connectivity index (χ4v) is 2.21. The van der Waals surface area contributed by atoms with E-state index in [1.165, 1.54) is 5.39 Å². The van der Waals surface area contributed by atoms with Crippen LogP contribution in [0.15, 0.2) is 53.3 Å². The van der Waals surface area contributed by atoms with E-state index in [-0.39, 0.29) is 6.04 Å². The van der Waals surface area contributed by atoms with Crippen LogP contribution in [-0.4, -0.2) is 4.98 Å². The minimum atomic E-state index is 0.219. The predicted molar refractivity (Wildman–Crippen MR) is 73.7 cm³/mol. The van der Waals surface area contributed by atoms with Gasteiger partial charge in [0.2, 0.25) is 0 Å². The van der Waals surface area contributed by atoms with Gasteiger partial charge in [-0.05, 0) is 42.8 Å². The molecule has 1 unspecified atom stereocenters. The molecule has 2 heterocycles. The van der Waals surface area contributed by atoms with Crippen molar-refractivity contribution in [1.82, 2.24) is 4.98 Å². The monoisotopic (exact) mass is 240 g/mol. The summed E-state index contributed by atoms with van der Waals surface area (Å²) in [6, 6.07) is 12.6. The number of furan rings is 1. The molecule has 0 bridgehead atoms. The topological polar surface area (TPSA) is 41.0 Å². The van der Waals surface area contributed by atoms with E-state index >= 15 is 0 Å². The summed E-state index contributed by atoms with van der Waals surface area (Å²) in [6.07, 6.45) is 4.66. The van der Waals surface area contributed by atoms with Crippen molar-refractivity contribution >= 4 is 16.6 Å². The molecule has 0 aliphatic rings. The quantitative estimate of drug-likeness (QED) is 0.712. The van der Waals surface area contributed by atoms with Crippen LogP contribution in [-0.2, 0) is 0 Å². The first kappa shape index (κ1) is 11.0. The van der Waals surface area contributed by atoms with Crippen molar-refractivity contribution in [3.8, 4) is 0 Å². The van der Waals surface area contributed by atoms with Gasteiger partial charge in [-0.25, -0.2) is 0 Å². The van der Waals surface area contributed by atoms with Crippen LogP contribution in [0, 0.1) is 0 Å². The zero-order valence-corrected chi connectivity index (χ0v) is 10.3. The lowest BCUT2D eigenvalue weighted by molar-refractivity contribution is 0.474. The largest absolute Gasteiger partial charge is 0.467 e. The molecular weight excluding hydrogens is 224 g/mol. The van der Waals surface area contributed by atoms with Gasteiger partial charge in [0.15, 0.2) is 0 Å². The highest BCUT2D eigenvalue weighted by Gasteiger charge is 2.11. The van der Waals surface area contributed by atoms with Crippen LogP contribution in [0.1, 0.15) is 25.1 Å². The summed E-state index contributed by atoms with van der Waals surface area (Å²) in [6.45, 7) is 2.15. The molecule has 1 aromatic carbocycles. The van der Waals surface area contributed by atoms with Crippen LogP contribution >= 0.6 is 0 Å². The SMILES string of the molecule is CCC(Nc1ccc2[nH]ccc2c1)c1ccco1. The molecule has 3 rings (SSSR count). The average Bonchev–Trinajstić information content (AvgIpc) is 3.06. The predicted octanol–water partition coefficient (Wildman–Crippen LogP) is 4.32. The lowest BCUT2D eigenvalue weighted by Crippen LogP contribution is -2.08. The molecule has 0 aliphatic carbocycles. The number of hydrogen-bond donors (Lipinski definition) is 2. The number of hydrogen-bond acceptors (Lipinski definition) is 2. The molecule has 0 saturated heterocycles. The third kappa shape index (κ3) is 1.99. The Bertz CT molecular complexity index is 625. The lowest BCUT2D eigenvalue weighted by Gasteiger charge is -2.16. The van der Waals surface area contributed by atoms with E-state index in [1.807, 2.05) is 18.3 Å². The van der Waals surface area contributed by atoms with E-state index in [1.54, 1.807) is 6.26 Å². The second kappa shape index (κ2) is 4.61. The Morgan fingerprint density at radius 2 is 2.22 bits per heavy atom. The van der Waals surface area contributed by atoms with Crippen LogP contribution in [0.3, 0.4) is 0 Å². The Balaban J connectivity index is 1.86. The summed E-state index contributed by atoms with van der Waals surface area (Å²) in [4.78, 5) is 3.20. The highest BCUT2D eigenvalue weighted by Crippen LogP contribution is 2.25. The van der Waals surface area contributed by atoms with Gasteiger partial charge in [0, 0.05) is 22.8 Å². The first-order valence-corrected chi connectivity index (χ1v) is 6.24. The fourth-order valence-electron chi connectivity index (χ4n) is 2.21. The van der Waals surface area contributed by atoms with E-state index in [0.29, 0.717) is 0 Å². The highest BCUT2D eigenvalue weighted by atomic mass is 16.3. The number of aromatic amines is 1. The van der Waals surface area contributed by atoms with E-state index in [4.69, 9.17) is 4.42 Å². The lowest BCUT2D eigenvalue weighted by atomic mass is 10.1. The van der Waals surface area contributed by atoms with Gasteiger partial charge >= 0.3 is 0 Å². The highest BCUT2D eigenvalue weighted by molar-refractivity contribution is 5.83. The third-order valence-electron chi connectivity index (χ3n) is 3.19. The van der Waals surface area contributed by atoms with Crippen LogP contribution < -0.4 is 5.32 Å². The van der Waals surface area contributed by atoms with Gasteiger partial charge in [0.05, 0.1) is 12.3 Å². The van der Waals surface area contributed by atoms with Gasteiger partial charge in [0.25, 0.3) is 0 Å². The number of anilines is 1. The van der Waals surface area contributed by atoms with E-state index in [2.05, 4.69) is 41.5 Å². The Morgan fingerprint density at radius 1 is 1.28 bits per heavy atom. The zero-order chi connectivity index (χ0) is 12.4. The molecule has 0 spiro atoms. The summed E-state index contributed by atoms with van der Waals surface area (Å²) >= 11 is 0. The minimum absolute atomic E-state index is 0.219. The van der Waals surface area contributed by atoms with Gasteiger partial charge in [0.1, 0.15) is 5.76 Å². The van der Waals surface area contributed by atoms with Gasteiger partial charge in [-0.3, -0.25) is 0 Å². The molecule has 0 radical (unpaired) electrons. The van der Waals surface area contributed by atoms with Crippen LogP contribution in [0.4, 0.5) is 5.69 Å². The molecule has 2 aromatic heterocycles. The Labute approximate surface area is 106 Å². The molecule has 3 aromatic rings. The molecule has 0 amide bonds. The number of H-pyrrole nitrogens is 1. The van der Waals surface area contributed by atoms with Crippen molar-refractivity contribution < 1.29 is 4.42 Å². The third-order valence-corrected chi connectivity index (χ3v) is 3.19. The van der Waals surface area contributed by atoms with Gasteiger partial charge in [-0.1, -0.05) is 6.92 Å². The minimum Gasteiger partial charge on any atom is -0.467 e. The summed E-state index contributed by atoms with van der Waals surface area (Å²) in [5, 5.41) is 4.72. The van der Waals surface area contributed by atoms with Crippen molar-refractivity contribution in [2.45, 2.75) is 19.4 Å². The van der Waals surface area contributed by atoms with E-state index < -0.39 is 0 Å². The molecule has 18 heavy (non-hydrogen) atoms. The number of fused-ring (bicyclic) bond motifs is 1. The maximum atomic E-state index is 5.46. The standard InChI is InChI=1S/C15H16N2O/c1-2-13(15-4-3-9-18-15)17-12-5-6-14-11(10-12)7-8-16-14/h3-10,13,16-17H,2H2,1H3. The van der Waals surface area contributed by atoms with Gasteiger partial charge in [-0.2, -0.15) is 0 Å². The summed E-state index contributed by atoms with van der Waals surface area (Å²) in [5.41, 5.74) is 2.27. The Morgan fingerprint density at radius 3 is 3.00 bits per heavy atom. The van der Waals surface area contributed by atoms with Crippen LogP contribution in [0.25, 0.3) is 10.9 Å². The number of benzene rings is 1. The zero-order valence-electron chi connectivity index (χ0n) is 10.3. The number of aromatic nitrogens is 1. The van der Waals surface area contributed by atoms with Crippen molar-refractivity contribution in [3.05, 3.63) is 54.6 Å². The Kier molecular flexibility index (Phi) is 2.81. The van der Waals surface area contributed by atoms with E-state index in [0.717, 1.165) is 23.4 Å². The van der Waals surface area contributed by atoms with Crippen LogP contribution in [0.2, 0.25) is 0 Å². The number of nitrogens with one attached hydrogen (secondary N) is 2. The van der Waals surface area contributed by atoms with Gasteiger partial charge in [-0.15, -0.1) is 0 Å². The molecule has 0 aliphatic heterocycles. The molecule has 3 nitrogen and oxygen atoms in total. The summed E-state index contributed by atoms with van der Waals surface area (Å²) < 4.78 is 5.46. The van der Waals surface area contributed by atoms with Crippen molar-refractivity contribution in [1.29, 1.82) is 0 Å². The van der Waals surface area contributed by atoms with Crippen molar-refractivity contribution in [3.63, 3.8) is 0 Å². The summed E-state index contributed by atoms with van der Waals surface area (Å²) in [7, 11) is 0. The van der Waals surface area contributed by atoms with Crippen molar-refractivity contribution in [2.24, 2.45) is 0 Å². The van der Waals surface area contributed by atoms with Crippen LogP contribution in [0.5, 0.6) is 0 Å². The van der Waals surface area contributed by atoms with Gasteiger partial charge < -0.3 is 14.7 Å². The maximum absolute atomic E-state index is 5.46. The fraction of sp³-hybridized carbons (Fsp3) is 0.200. The molecule has 92 valence electrons. The molecule has 0 saturated carbocycles. The average molecular weight is 240 g/mol. The summed E-state index contributed by atoms with van der Waals surface area (Å²) in [5.74, 6) is 0.978. The maximum Gasteiger partial charge on any atom is 0.125 e. The Hall–Kier alpha value is -2.16.